The highest BCUT2D eigenvalue weighted by Crippen LogP contribution is 2.26. The van der Waals surface area contributed by atoms with E-state index in [4.69, 9.17) is 5.73 Å². The Morgan fingerprint density at radius 2 is 2.35 bits per heavy atom. The second kappa shape index (κ2) is 4.65. The van der Waals surface area contributed by atoms with Crippen LogP contribution in [0, 0.1) is 0 Å². The van der Waals surface area contributed by atoms with Gasteiger partial charge >= 0.3 is 0 Å². The summed E-state index contributed by atoms with van der Waals surface area (Å²) in [6.07, 6.45) is 3.69. The normalized spacial score (nSPS) is 18.9. The van der Waals surface area contributed by atoms with Crippen LogP contribution in [0.15, 0.2) is 0 Å². The molecule has 3 N–H and O–H groups in total. The smallest absolute Gasteiger partial charge is 0.212 e. The third-order valence-electron chi connectivity index (χ3n) is 3.36. The summed E-state index contributed by atoms with van der Waals surface area (Å²) in [7, 11) is 0. The Kier molecular flexibility index (Phi) is 3.21. The average molecular weight is 237 g/mol. The lowest BCUT2D eigenvalue weighted by Gasteiger charge is -2.42. The molecule has 1 saturated heterocycles. The van der Waals surface area contributed by atoms with E-state index < -0.39 is 0 Å². The molecule has 1 aliphatic heterocycles. The molecule has 0 bridgehead atoms. The van der Waals surface area contributed by atoms with Gasteiger partial charge in [0.15, 0.2) is 5.82 Å². The van der Waals surface area contributed by atoms with E-state index >= 15 is 0 Å². The number of hydrogen-bond donors (Lipinski definition) is 2. The first kappa shape index (κ1) is 11.8. The highest BCUT2D eigenvalue weighted by Gasteiger charge is 2.30. The molecule has 1 unspecified atom stereocenters. The van der Waals surface area contributed by atoms with Gasteiger partial charge in [-0.05, 0) is 19.3 Å². The van der Waals surface area contributed by atoms with Crippen LogP contribution in [-0.4, -0.2) is 28.9 Å². The summed E-state index contributed by atoms with van der Waals surface area (Å²) in [5, 5.41) is 9.11. The fourth-order valence-electron chi connectivity index (χ4n) is 2.25. The Morgan fingerprint density at radius 3 is 2.82 bits per heavy atom. The predicted molar refractivity (Wildman–Crippen MR) is 67.5 cm³/mol. The Bertz CT molecular complexity index is 412. The van der Waals surface area contributed by atoms with Gasteiger partial charge in [0, 0.05) is 12.6 Å². The molecule has 1 atom stereocenters. The third-order valence-corrected chi connectivity index (χ3v) is 3.36. The predicted octanol–water partition coefficient (Wildman–Crippen LogP) is 0.716. The molecule has 2 heterocycles. The largest absolute Gasteiger partial charge is 0.394 e. The number of rotatable bonds is 5. The number of nitrogens with two attached hydrogens (primary N) is 1. The van der Waals surface area contributed by atoms with Crippen molar-refractivity contribution in [3.8, 4) is 0 Å². The van der Waals surface area contributed by atoms with Crippen molar-refractivity contribution in [3.63, 3.8) is 0 Å². The molecule has 0 aliphatic carbocycles. The fourth-order valence-corrected chi connectivity index (χ4v) is 2.25. The Labute approximate surface area is 101 Å². The number of carbonyl (C=O) groups excluding carboxylic acids is 1. The van der Waals surface area contributed by atoms with Gasteiger partial charge in [-0.15, -0.1) is 5.10 Å². The van der Waals surface area contributed by atoms with Crippen LogP contribution in [0.2, 0.25) is 0 Å². The van der Waals surface area contributed by atoms with Crippen molar-refractivity contribution in [2.24, 2.45) is 0 Å². The molecule has 0 spiro atoms. The maximum Gasteiger partial charge on any atom is 0.212 e. The van der Waals surface area contributed by atoms with Crippen molar-refractivity contribution in [1.82, 2.24) is 9.89 Å². The molecule has 0 radical (unpaired) electrons. The van der Waals surface area contributed by atoms with Gasteiger partial charge in [-0.2, -0.15) is 4.79 Å². The van der Waals surface area contributed by atoms with E-state index in [1.54, 1.807) is 0 Å². The van der Waals surface area contributed by atoms with Crippen molar-refractivity contribution >= 4 is 17.9 Å². The highest BCUT2D eigenvalue weighted by molar-refractivity contribution is 5.78. The summed E-state index contributed by atoms with van der Waals surface area (Å²) >= 11 is 0. The average Bonchev–Trinajstić information content (AvgIpc) is 2.56. The molecule has 1 aromatic heterocycles. The molecule has 94 valence electrons. The zero-order valence-corrected chi connectivity index (χ0v) is 10.3. The van der Waals surface area contributed by atoms with Gasteiger partial charge in [-0.3, -0.25) is 9.80 Å². The quantitative estimate of drug-likeness (QED) is 0.740. The molecule has 17 heavy (non-hydrogen) atoms. The van der Waals surface area contributed by atoms with Crippen molar-refractivity contribution < 1.29 is 4.79 Å². The van der Waals surface area contributed by atoms with Gasteiger partial charge < -0.3 is 11.1 Å². The van der Waals surface area contributed by atoms with Crippen LogP contribution >= 0.6 is 0 Å². The number of aromatic nitrogens is 2. The van der Waals surface area contributed by atoms with Gasteiger partial charge in [0.25, 0.3) is 0 Å². The zero-order valence-electron chi connectivity index (χ0n) is 10.3. The molecule has 1 aliphatic rings. The zero-order chi connectivity index (χ0) is 12.4. The first-order chi connectivity index (χ1) is 8.22. The Morgan fingerprint density at radius 1 is 1.59 bits per heavy atom. The molecule has 6 heteroatoms. The summed E-state index contributed by atoms with van der Waals surface area (Å²) in [4.78, 5) is 12.3. The number of nitrogen functional groups attached to an aromatic ring is 1. The van der Waals surface area contributed by atoms with Crippen LogP contribution in [0.25, 0.3) is 0 Å². The van der Waals surface area contributed by atoms with E-state index in [1.165, 1.54) is 6.42 Å². The lowest BCUT2D eigenvalue weighted by Crippen LogP contribution is -2.55. The van der Waals surface area contributed by atoms with Crippen LogP contribution in [-0.2, 0) is 11.2 Å². The maximum absolute atomic E-state index is 10.5. The minimum Gasteiger partial charge on any atom is -0.394 e. The first-order valence-electron chi connectivity index (χ1n) is 6.07. The Hall–Kier alpha value is -1.72. The fraction of sp³-hybridized carbons (Fsp3) is 0.636. The number of anilines is 2. The van der Waals surface area contributed by atoms with Crippen molar-refractivity contribution in [1.29, 1.82) is 0 Å². The lowest BCUT2D eigenvalue weighted by atomic mass is 10.0. The minimum absolute atomic E-state index is 0.457. The molecule has 2 rings (SSSR count). The second-order valence-electron chi connectivity index (χ2n) is 4.23. The summed E-state index contributed by atoms with van der Waals surface area (Å²) in [5.41, 5.74) is 7.51. The van der Waals surface area contributed by atoms with Crippen LogP contribution < -0.4 is 16.1 Å². The second-order valence-corrected chi connectivity index (χ2v) is 4.23. The molecule has 1 amide bonds. The molecule has 1 aromatic rings. The van der Waals surface area contributed by atoms with E-state index in [2.05, 4.69) is 22.3 Å². The van der Waals surface area contributed by atoms with Gasteiger partial charge in [0.2, 0.25) is 6.41 Å². The van der Waals surface area contributed by atoms with E-state index in [-0.39, 0.29) is 0 Å². The number of amides is 1. The molecular weight excluding hydrogens is 218 g/mol. The topological polar surface area (TPSA) is 76.2 Å². The summed E-state index contributed by atoms with van der Waals surface area (Å²) < 4.78 is 0. The molecule has 0 aromatic carbocycles. The SMILES string of the molecule is CCc1c(N)c(NC=O)nn1N1CCC1CC. The lowest BCUT2D eigenvalue weighted by molar-refractivity contribution is -0.105. The van der Waals surface area contributed by atoms with E-state index in [0.717, 1.165) is 25.1 Å². The third kappa shape index (κ3) is 1.83. The maximum atomic E-state index is 10.5. The standard InChI is InChI=1S/C11H19N5O/c1-3-8-5-6-15(8)16-9(4-2)10(12)11(14-16)13-7-17/h7-8H,3-6,12H2,1-2H3,(H,13,14,17). The molecule has 0 saturated carbocycles. The van der Waals surface area contributed by atoms with E-state index in [1.807, 2.05) is 11.7 Å². The van der Waals surface area contributed by atoms with E-state index in [0.29, 0.717) is 24.0 Å². The van der Waals surface area contributed by atoms with Gasteiger partial charge in [-0.25, -0.2) is 0 Å². The van der Waals surface area contributed by atoms with E-state index in [9.17, 15) is 4.79 Å². The Balaban J connectivity index is 2.32. The highest BCUT2D eigenvalue weighted by atomic mass is 16.1. The number of carbonyl (C=O) groups is 1. The van der Waals surface area contributed by atoms with Crippen LogP contribution in [0.5, 0.6) is 0 Å². The van der Waals surface area contributed by atoms with Crippen LogP contribution in [0.4, 0.5) is 11.5 Å². The first-order valence-corrected chi connectivity index (χ1v) is 6.07. The summed E-state index contributed by atoms with van der Waals surface area (Å²) in [6, 6.07) is 0.531. The number of hydrogen-bond acceptors (Lipinski definition) is 4. The van der Waals surface area contributed by atoms with Gasteiger partial charge in [0.05, 0.1) is 5.69 Å². The number of nitrogens with one attached hydrogen (secondary N) is 1. The summed E-state index contributed by atoms with van der Waals surface area (Å²) in [5.74, 6) is 0.457. The molecule has 6 nitrogen and oxygen atoms in total. The summed E-state index contributed by atoms with van der Waals surface area (Å²) in [6.45, 7) is 5.20. The van der Waals surface area contributed by atoms with Crippen molar-refractivity contribution in [2.45, 2.75) is 39.2 Å². The van der Waals surface area contributed by atoms with Crippen LogP contribution in [0.3, 0.4) is 0 Å². The van der Waals surface area contributed by atoms with Crippen molar-refractivity contribution in [2.75, 3.05) is 22.6 Å². The van der Waals surface area contributed by atoms with Crippen molar-refractivity contribution in [3.05, 3.63) is 5.69 Å². The minimum atomic E-state index is 0.457. The number of nitrogens with zero attached hydrogens (tertiary/aromatic N) is 3. The van der Waals surface area contributed by atoms with Gasteiger partial charge in [0.1, 0.15) is 5.69 Å². The monoisotopic (exact) mass is 237 g/mol. The van der Waals surface area contributed by atoms with Gasteiger partial charge in [-0.1, -0.05) is 13.8 Å². The molecular formula is C11H19N5O. The van der Waals surface area contributed by atoms with Crippen LogP contribution in [0.1, 0.15) is 32.4 Å². The molecule has 1 fully saturated rings.